The van der Waals surface area contributed by atoms with Gasteiger partial charge in [-0.05, 0) is 30.4 Å². The van der Waals surface area contributed by atoms with Crippen molar-refractivity contribution in [2.75, 3.05) is 18.0 Å². The Bertz CT molecular complexity index is 593. The highest BCUT2D eigenvalue weighted by Crippen LogP contribution is 2.42. The summed E-state index contributed by atoms with van der Waals surface area (Å²) in [5, 5.41) is 2.67. The van der Waals surface area contributed by atoms with E-state index in [1.54, 1.807) is 0 Å². The van der Waals surface area contributed by atoms with Crippen LogP contribution in [0.5, 0.6) is 0 Å². The molecule has 2 aromatic carbocycles. The van der Waals surface area contributed by atoms with Gasteiger partial charge in [-0.15, -0.1) is 0 Å². The molecule has 2 aromatic rings. The van der Waals surface area contributed by atoms with E-state index in [4.69, 9.17) is 0 Å². The average Bonchev–Trinajstić information content (AvgIpc) is 2.41. The van der Waals surface area contributed by atoms with Crippen LogP contribution >= 0.6 is 15.9 Å². The van der Waals surface area contributed by atoms with Gasteiger partial charge in [-0.1, -0.05) is 54.0 Å². The molecule has 1 heterocycles. The highest BCUT2D eigenvalue weighted by Gasteiger charge is 2.40. The van der Waals surface area contributed by atoms with E-state index in [1.807, 2.05) is 0 Å². The summed E-state index contributed by atoms with van der Waals surface area (Å²) in [6.07, 6.45) is 2.57. The lowest BCUT2D eigenvalue weighted by Crippen LogP contribution is -2.56. The first kappa shape index (κ1) is 13.0. The summed E-state index contributed by atoms with van der Waals surface area (Å²) in [7, 11) is 0. The number of halogens is 1. The van der Waals surface area contributed by atoms with Gasteiger partial charge in [-0.2, -0.15) is 0 Å². The molecule has 1 aliphatic heterocycles. The van der Waals surface area contributed by atoms with Gasteiger partial charge in [-0.3, -0.25) is 0 Å². The molecular formula is C17H20BrN. The van der Waals surface area contributed by atoms with Crippen molar-refractivity contribution in [3.63, 3.8) is 0 Å². The van der Waals surface area contributed by atoms with Crippen molar-refractivity contribution in [2.45, 2.75) is 26.7 Å². The number of nitrogens with zero attached hydrogens (tertiary/aromatic N) is 1. The Kier molecular flexibility index (Phi) is 3.30. The van der Waals surface area contributed by atoms with Crippen LogP contribution < -0.4 is 4.90 Å². The number of hydrogen-bond acceptors (Lipinski definition) is 1. The molecule has 3 rings (SSSR count). The number of hydrogen-bond donors (Lipinski definition) is 0. The summed E-state index contributed by atoms with van der Waals surface area (Å²) in [6, 6.07) is 13.1. The van der Waals surface area contributed by atoms with E-state index in [2.05, 4.69) is 71.1 Å². The fourth-order valence-electron chi connectivity index (χ4n) is 3.15. The summed E-state index contributed by atoms with van der Waals surface area (Å²) in [5.41, 5.74) is 1.94. The maximum Gasteiger partial charge on any atom is 0.0447 e. The quantitative estimate of drug-likeness (QED) is 0.749. The first-order valence-corrected chi connectivity index (χ1v) is 7.90. The van der Waals surface area contributed by atoms with Crippen LogP contribution in [-0.4, -0.2) is 13.1 Å². The van der Waals surface area contributed by atoms with Gasteiger partial charge in [0, 0.05) is 34.1 Å². The second kappa shape index (κ2) is 4.82. The second-order valence-electron chi connectivity index (χ2n) is 5.68. The molecule has 0 aromatic heterocycles. The van der Waals surface area contributed by atoms with Crippen LogP contribution in [0.4, 0.5) is 5.69 Å². The molecule has 1 fully saturated rings. The zero-order valence-electron chi connectivity index (χ0n) is 11.6. The van der Waals surface area contributed by atoms with E-state index in [0.717, 1.165) is 0 Å². The minimum absolute atomic E-state index is 0.550. The maximum atomic E-state index is 3.65. The molecule has 0 saturated carbocycles. The predicted octanol–water partition coefficient (Wildman–Crippen LogP) is 5.23. The Hall–Kier alpha value is -1.02. The summed E-state index contributed by atoms with van der Waals surface area (Å²) in [5.74, 6) is 0. The Morgan fingerprint density at radius 1 is 1.00 bits per heavy atom. The molecule has 1 nitrogen and oxygen atoms in total. The van der Waals surface area contributed by atoms with E-state index in [-0.39, 0.29) is 0 Å². The van der Waals surface area contributed by atoms with Crippen molar-refractivity contribution in [1.82, 2.24) is 0 Å². The molecule has 0 bridgehead atoms. The standard InChI is InChI=1S/C17H20BrN/c1-3-17(4-2)11-19(12-17)16-10-9-15(18)13-7-5-6-8-14(13)16/h5-10H,3-4,11-12H2,1-2H3. The Morgan fingerprint density at radius 3 is 2.26 bits per heavy atom. The van der Waals surface area contributed by atoms with Gasteiger partial charge >= 0.3 is 0 Å². The first-order valence-electron chi connectivity index (χ1n) is 7.11. The normalized spacial score (nSPS) is 17.5. The molecule has 1 aliphatic rings. The fourth-order valence-corrected chi connectivity index (χ4v) is 3.63. The maximum absolute atomic E-state index is 3.65. The Labute approximate surface area is 123 Å². The third kappa shape index (κ3) is 2.06. The zero-order chi connectivity index (χ0) is 13.5. The van der Waals surface area contributed by atoms with Crippen molar-refractivity contribution >= 4 is 32.4 Å². The van der Waals surface area contributed by atoms with E-state index in [1.165, 1.54) is 46.9 Å². The highest BCUT2D eigenvalue weighted by molar-refractivity contribution is 9.10. The zero-order valence-corrected chi connectivity index (χ0v) is 13.2. The number of anilines is 1. The molecule has 19 heavy (non-hydrogen) atoms. The van der Waals surface area contributed by atoms with Crippen LogP contribution in [0.25, 0.3) is 10.8 Å². The molecule has 0 radical (unpaired) electrons. The highest BCUT2D eigenvalue weighted by atomic mass is 79.9. The molecule has 2 heteroatoms. The van der Waals surface area contributed by atoms with E-state index in [9.17, 15) is 0 Å². The smallest absolute Gasteiger partial charge is 0.0447 e. The molecule has 0 spiro atoms. The SMILES string of the molecule is CCC1(CC)CN(c2ccc(Br)c3ccccc23)C1. The van der Waals surface area contributed by atoms with Crippen LogP contribution in [0.1, 0.15) is 26.7 Å². The van der Waals surface area contributed by atoms with E-state index < -0.39 is 0 Å². The van der Waals surface area contributed by atoms with Gasteiger partial charge < -0.3 is 4.90 Å². The van der Waals surface area contributed by atoms with Crippen LogP contribution in [0.3, 0.4) is 0 Å². The molecule has 100 valence electrons. The first-order chi connectivity index (χ1) is 9.19. The van der Waals surface area contributed by atoms with Crippen LogP contribution in [0.15, 0.2) is 40.9 Å². The van der Waals surface area contributed by atoms with Gasteiger partial charge in [0.1, 0.15) is 0 Å². The molecule has 1 saturated heterocycles. The fraction of sp³-hybridized carbons (Fsp3) is 0.412. The molecule has 0 N–H and O–H groups in total. The van der Waals surface area contributed by atoms with Gasteiger partial charge in [0.25, 0.3) is 0 Å². The third-order valence-corrected chi connectivity index (χ3v) is 5.43. The molecule has 0 aliphatic carbocycles. The topological polar surface area (TPSA) is 3.24 Å². The van der Waals surface area contributed by atoms with E-state index in [0.29, 0.717) is 5.41 Å². The lowest BCUT2D eigenvalue weighted by Gasteiger charge is -2.51. The molecule has 0 amide bonds. The lowest BCUT2D eigenvalue weighted by molar-refractivity contribution is 0.195. The van der Waals surface area contributed by atoms with Gasteiger partial charge in [0.15, 0.2) is 0 Å². The molecule has 0 atom stereocenters. The van der Waals surface area contributed by atoms with Crippen LogP contribution in [0, 0.1) is 5.41 Å². The summed E-state index contributed by atoms with van der Waals surface area (Å²) < 4.78 is 1.18. The van der Waals surface area contributed by atoms with Gasteiger partial charge in [0.05, 0.1) is 0 Å². The monoisotopic (exact) mass is 317 g/mol. The average molecular weight is 318 g/mol. The minimum atomic E-state index is 0.550. The van der Waals surface area contributed by atoms with E-state index >= 15 is 0 Å². The number of fused-ring (bicyclic) bond motifs is 1. The Morgan fingerprint density at radius 2 is 1.63 bits per heavy atom. The lowest BCUT2D eigenvalue weighted by atomic mass is 9.75. The van der Waals surface area contributed by atoms with Gasteiger partial charge in [0.2, 0.25) is 0 Å². The van der Waals surface area contributed by atoms with Crippen LogP contribution in [-0.2, 0) is 0 Å². The number of benzene rings is 2. The van der Waals surface area contributed by atoms with Crippen LogP contribution in [0.2, 0.25) is 0 Å². The largest absolute Gasteiger partial charge is 0.370 e. The Balaban J connectivity index is 1.98. The van der Waals surface area contributed by atoms with Crippen molar-refractivity contribution in [1.29, 1.82) is 0 Å². The summed E-state index contributed by atoms with van der Waals surface area (Å²) in [4.78, 5) is 2.53. The van der Waals surface area contributed by atoms with Crippen molar-refractivity contribution in [3.8, 4) is 0 Å². The van der Waals surface area contributed by atoms with Crippen molar-refractivity contribution in [3.05, 3.63) is 40.9 Å². The second-order valence-corrected chi connectivity index (χ2v) is 6.53. The minimum Gasteiger partial charge on any atom is -0.370 e. The van der Waals surface area contributed by atoms with Crippen molar-refractivity contribution in [2.24, 2.45) is 5.41 Å². The van der Waals surface area contributed by atoms with Gasteiger partial charge in [-0.25, -0.2) is 0 Å². The summed E-state index contributed by atoms with van der Waals surface area (Å²) >= 11 is 3.65. The van der Waals surface area contributed by atoms with Crippen molar-refractivity contribution < 1.29 is 0 Å². The third-order valence-electron chi connectivity index (χ3n) is 4.74. The summed E-state index contributed by atoms with van der Waals surface area (Å²) in [6.45, 7) is 7.04. The number of rotatable bonds is 3. The molecule has 0 unspecified atom stereocenters. The molecular weight excluding hydrogens is 298 g/mol. The predicted molar refractivity (Wildman–Crippen MR) is 86.9 cm³/mol.